The van der Waals surface area contributed by atoms with Crippen molar-refractivity contribution in [3.63, 3.8) is 0 Å². The van der Waals surface area contributed by atoms with Gasteiger partial charge in [-0.3, -0.25) is 0 Å². The molecule has 1 saturated carbocycles. The Morgan fingerprint density at radius 1 is 1.32 bits per heavy atom. The van der Waals surface area contributed by atoms with Gasteiger partial charge in [0.1, 0.15) is 0 Å². The van der Waals surface area contributed by atoms with Crippen molar-refractivity contribution in [2.24, 2.45) is 11.8 Å². The summed E-state index contributed by atoms with van der Waals surface area (Å²) in [6, 6.07) is 0. The van der Waals surface area contributed by atoms with Crippen LogP contribution < -0.4 is 10.2 Å². The molecular formula is C15H25N3S. The molecule has 3 rings (SSSR count). The molecule has 2 heterocycles. The number of anilines is 1. The number of rotatable bonds is 4. The minimum absolute atomic E-state index is 0.934. The lowest BCUT2D eigenvalue weighted by molar-refractivity contribution is 0.202. The highest BCUT2D eigenvalue weighted by atomic mass is 32.1. The van der Waals surface area contributed by atoms with Gasteiger partial charge in [-0.1, -0.05) is 26.2 Å². The first kappa shape index (κ1) is 13.4. The van der Waals surface area contributed by atoms with E-state index in [0.717, 1.165) is 24.9 Å². The molecule has 1 N–H and O–H groups in total. The van der Waals surface area contributed by atoms with Crippen molar-refractivity contribution in [3.8, 4) is 0 Å². The lowest BCUT2D eigenvalue weighted by Crippen LogP contribution is -2.41. The maximum Gasteiger partial charge on any atom is 0.185 e. The summed E-state index contributed by atoms with van der Waals surface area (Å²) in [7, 11) is 0. The largest absolute Gasteiger partial charge is 0.348 e. The average Bonchev–Trinajstić information content (AvgIpc) is 2.93. The second-order valence-corrected chi connectivity index (χ2v) is 7.02. The molecule has 106 valence electrons. The Kier molecular flexibility index (Phi) is 4.38. The maximum atomic E-state index is 4.63. The Labute approximate surface area is 120 Å². The Morgan fingerprint density at radius 2 is 2.16 bits per heavy atom. The van der Waals surface area contributed by atoms with Crippen LogP contribution in [-0.2, 0) is 6.54 Å². The van der Waals surface area contributed by atoms with E-state index in [1.807, 2.05) is 11.3 Å². The van der Waals surface area contributed by atoms with E-state index in [-0.39, 0.29) is 0 Å². The van der Waals surface area contributed by atoms with Crippen LogP contribution in [0.3, 0.4) is 0 Å². The van der Waals surface area contributed by atoms with Gasteiger partial charge in [0.05, 0.1) is 0 Å². The first-order valence-electron chi connectivity index (χ1n) is 7.77. The summed E-state index contributed by atoms with van der Waals surface area (Å²) in [5.41, 5.74) is 0. The number of nitrogens with zero attached hydrogens (tertiary/aromatic N) is 2. The van der Waals surface area contributed by atoms with Gasteiger partial charge in [-0.25, -0.2) is 4.98 Å². The Balaban J connectivity index is 1.61. The summed E-state index contributed by atoms with van der Waals surface area (Å²) in [4.78, 5) is 8.53. The molecule has 4 heteroatoms. The van der Waals surface area contributed by atoms with Gasteiger partial charge in [-0.2, -0.15) is 0 Å². The third-order valence-corrected chi connectivity index (χ3v) is 5.71. The molecule has 1 aliphatic heterocycles. The molecule has 2 fully saturated rings. The quantitative estimate of drug-likeness (QED) is 0.917. The molecule has 0 radical (unpaired) electrons. The lowest BCUT2D eigenvalue weighted by Gasteiger charge is -2.41. The van der Waals surface area contributed by atoms with Crippen molar-refractivity contribution in [1.82, 2.24) is 10.3 Å². The van der Waals surface area contributed by atoms with Crippen LogP contribution in [0.2, 0.25) is 0 Å². The molecule has 1 aromatic heterocycles. The van der Waals surface area contributed by atoms with E-state index in [9.17, 15) is 0 Å². The summed E-state index contributed by atoms with van der Waals surface area (Å²) >= 11 is 1.87. The molecule has 3 nitrogen and oxygen atoms in total. The van der Waals surface area contributed by atoms with Crippen LogP contribution in [0.1, 0.15) is 43.9 Å². The van der Waals surface area contributed by atoms with E-state index in [1.165, 1.54) is 55.2 Å². The third kappa shape index (κ3) is 3.11. The van der Waals surface area contributed by atoms with Crippen molar-refractivity contribution < 1.29 is 0 Å². The minimum Gasteiger partial charge on any atom is -0.348 e. The molecule has 0 aromatic carbocycles. The van der Waals surface area contributed by atoms with Gasteiger partial charge in [0.15, 0.2) is 5.13 Å². The lowest BCUT2D eigenvalue weighted by atomic mass is 9.75. The molecule has 19 heavy (non-hydrogen) atoms. The summed E-state index contributed by atoms with van der Waals surface area (Å²) in [6.07, 6.45) is 9.26. The maximum absolute atomic E-state index is 4.63. The highest BCUT2D eigenvalue weighted by molar-refractivity contribution is 7.15. The minimum atomic E-state index is 0.934. The van der Waals surface area contributed by atoms with E-state index >= 15 is 0 Å². The second-order valence-electron chi connectivity index (χ2n) is 5.93. The number of piperidine rings is 1. The van der Waals surface area contributed by atoms with Crippen molar-refractivity contribution in [1.29, 1.82) is 0 Å². The Hall–Kier alpha value is -0.610. The predicted octanol–water partition coefficient (Wildman–Crippen LogP) is 3.27. The number of hydrogen-bond donors (Lipinski definition) is 1. The summed E-state index contributed by atoms with van der Waals surface area (Å²) in [6.45, 7) is 6.61. The fourth-order valence-corrected chi connectivity index (χ4v) is 4.46. The van der Waals surface area contributed by atoms with Gasteiger partial charge < -0.3 is 10.2 Å². The van der Waals surface area contributed by atoms with E-state index in [1.54, 1.807) is 0 Å². The Morgan fingerprint density at radius 3 is 3.00 bits per heavy atom. The van der Waals surface area contributed by atoms with Crippen LogP contribution in [0.4, 0.5) is 5.13 Å². The average molecular weight is 279 g/mol. The molecule has 0 amide bonds. The van der Waals surface area contributed by atoms with Gasteiger partial charge in [-0.15, -0.1) is 11.3 Å². The molecule has 2 aliphatic rings. The van der Waals surface area contributed by atoms with Gasteiger partial charge in [0, 0.05) is 30.7 Å². The van der Waals surface area contributed by atoms with Crippen LogP contribution >= 0.6 is 11.3 Å². The molecular weight excluding hydrogens is 254 g/mol. The number of thiazole rings is 1. The van der Waals surface area contributed by atoms with E-state index in [0.29, 0.717) is 0 Å². The summed E-state index contributed by atoms with van der Waals surface area (Å²) < 4.78 is 0. The van der Waals surface area contributed by atoms with E-state index in [4.69, 9.17) is 0 Å². The van der Waals surface area contributed by atoms with Crippen molar-refractivity contribution in [2.75, 3.05) is 24.5 Å². The second kappa shape index (κ2) is 6.23. The molecule has 0 bridgehead atoms. The van der Waals surface area contributed by atoms with Crippen LogP contribution in [0.15, 0.2) is 6.20 Å². The van der Waals surface area contributed by atoms with Gasteiger partial charge in [-0.05, 0) is 31.2 Å². The molecule has 2 atom stereocenters. The fraction of sp³-hybridized carbons (Fsp3) is 0.800. The smallest absolute Gasteiger partial charge is 0.185 e. The standard InChI is InChI=1S/C15H25N3S/c1-2-16-9-14-10-17-15(19-14)18-8-7-12-5-3-4-6-13(12)11-18/h10,12-13,16H,2-9,11H2,1H3. The van der Waals surface area contributed by atoms with Gasteiger partial charge >= 0.3 is 0 Å². The summed E-state index contributed by atoms with van der Waals surface area (Å²) in [5.74, 6) is 1.94. The first-order valence-corrected chi connectivity index (χ1v) is 8.59. The zero-order chi connectivity index (χ0) is 13.1. The first-order chi connectivity index (χ1) is 9.36. The highest BCUT2D eigenvalue weighted by Gasteiger charge is 2.31. The molecule has 0 spiro atoms. The van der Waals surface area contributed by atoms with E-state index in [2.05, 4.69) is 28.3 Å². The molecule has 1 saturated heterocycles. The van der Waals surface area contributed by atoms with Crippen LogP contribution in [0, 0.1) is 11.8 Å². The zero-order valence-corrected chi connectivity index (χ0v) is 12.7. The highest BCUT2D eigenvalue weighted by Crippen LogP contribution is 2.38. The van der Waals surface area contributed by atoms with Crippen molar-refractivity contribution in [3.05, 3.63) is 11.1 Å². The number of nitrogens with one attached hydrogen (secondary N) is 1. The number of fused-ring (bicyclic) bond motifs is 1. The zero-order valence-electron chi connectivity index (χ0n) is 11.9. The van der Waals surface area contributed by atoms with Crippen LogP contribution in [-0.4, -0.2) is 24.6 Å². The van der Waals surface area contributed by atoms with Crippen molar-refractivity contribution >= 4 is 16.5 Å². The van der Waals surface area contributed by atoms with Gasteiger partial charge in [0.2, 0.25) is 0 Å². The topological polar surface area (TPSA) is 28.2 Å². The number of aromatic nitrogens is 1. The van der Waals surface area contributed by atoms with Gasteiger partial charge in [0.25, 0.3) is 0 Å². The third-order valence-electron chi connectivity index (χ3n) is 4.65. The summed E-state index contributed by atoms with van der Waals surface area (Å²) in [5, 5.41) is 4.63. The monoisotopic (exact) mass is 279 g/mol. The number of hydrogen-bond acceptors (Lipinski definition) is 4. The molecule has 2 unspecified atom stereocenters. The van der Waals surface area contributed by atoms with Crippen LogP contribution in [0.5, 0.6) is 0 Å². The predicted molar refractivity (Wildman–Crippen MR) is 81.8 cm³/mol. The van der Waals surface area contributed by atoms with Crippen molar-refractivity contribution in [2.45, 2.75) is 45.6 Å². The van der Waals surface area contributed by atoms with E-state index < -0.39 is 0 Å². The molecule has 1 aliphatic carbocycles. The molecule has 1 aromatic rings. The van der Waals surface area contributed by atoms with Crippen LogP contribution in [0.25, 0.3) is 0 Å². The normalized spacial score (nSPS) is 27.3. The fourth-order valence-electron chi connectivity index (χ4n) is 3.55. The Bertz CT molecular complexity index is 404. The SMILES string of the molecule is CCNCc1cnc(N2CCC3CCCCC3C2)s1.